The number of hydrogen-bond acceptors (Lipinski definition) is 9. The predicted molar refractivity (Wildman–Crippen MR) is 157 cm³/mol. The Morgan fingerprint density at radius 3 is 1.79 bits per heavy atom. The maximum atomic E-state index is 13.3. The van der Waals surface area contributed by atoms with Crippen molar-refractivity contribution in [1.29, 1.82) is 0 Å². The van der Waals surface area contributed by atoms with Crippen LogP contribution < -0.4 is 5.69 Å². The van der Waals surface area contributed by atoms with Gasteiger partial charge in [0.25, 0.3) is 0 Å². The summed E-state index contributed by atoms with van der Waals surface area (Å²) < 4.78 is 25.0. The van der Waals surface area contributed by atoms with Gasteiger partial charge in [-0.3, -0.25) is 9.55 Å². The second-order valence-electron chi connectivity index (χ2n) is 9.68. The van der Waals surface area contributed by atoms with Crippen LogP contribution >= 0.6 is 12.2 Å². The molecule has 1 aromatic heterocycles. The summed E-state index contributed by atoms with van der Waals surface area (Å²) in [5.41, 5.74) is 0.809. The Bertz CT molecular complexity index is 1710. The molecule has 220 valence electrons. The fraction of sp³-hybridized carbons (Fsp3) is 0.219. The number of ether oxygens (including phenoxy) is 4. The molecule has 5 rings (SSSR count). The smallest absolute Gasteiger partial charge is 0.338 e. The van der Waals surface area contributed by atoms with E-state index >= 15 is 0 Å². The van der Waals surface area contributed by atoms with Crippen LogP contribution in [0.15, 0.2) is 102 Å². The standard InChI is InChI=1S/C32H28N2O8S/c1-2-20-18-34(32(38)33-27(20)43)28-26(42-31(37)23-16-10-5-11-17-23)25(41-30(36)22-14-8-4-9-15-22)24(40-28)19-39-29(35)21-12-6-3-7-13-21/h3-18,24-26,28H,2,19H2,1H3,(H,33,38,43)/t24-,25-,26-,28-/m1/s1. The zero-order valence-corrected chi connectivity index (χ0v) is 23.9. The van der Waals surface area contributed by atoms with Gasteiger partial charge in [-0.05, 0) is 42.8 Å². The lowest BCUT2D eigenvalue weighted by Gasteiger charge is -2.25. The molecule has 1 saturated heterocycles. The summed E-state index contributed by atoms with van der Waals surface area (Å²) in [6.07, 6.45) is -2.93. The van der Waals surface area contributed by atoms with Gasteiger partial charge in [0.05, 0.1) is 16.7 Å². The molecule has 0 spiro atoms. The minimum atomic E-state index is -1.31. The van der Waals surface area contributed by atoms with Crippen LogP contribution in [0.1, 0.15) is 49.8 Å². The van der Waals surface area contributed by atoms with Crippen LogP contribution in [0.5, 0.6) is 0 Å². The van der Waals surface area contributed by atoms with Crippen molar-refractivity contribution in [1.82, 2.24) is 9.55 Å². The number of hydrogen-bond donors (Lipinski definition) is 1. The molecule has 10 nitrogen and oxygen atoms in total. The summed E-state index contributed by atoms with van der Waals surface area (Å²) in [5.74, 6) is -2.08. The molecule has 0 bridgehead atoms. The van der Waals surface area contributed by atoms with E-state index < -0.39 is 48.1 Å². The maximum absolute atomic E-state index is 13.3. The Balaban J connectivity index is 1.53. The molecule has 3 aromatic carbocycles. The third kappa shape index (κ3) is 6.79. The van der Waals surface area contributed by atoms with Gasteiger partial charge in [0, 0.05) is 11.8 Å². The predicted octanol–water partition coefficient (Wildman–Crippen LogP) is 4.67. The van der Waals surface area contributed by atoms with Gasteiger partial charge < -0.3 is 18.9 Å². The van der Waals surface area contributed by atoms with Gasteiger partial charge in [-0.1, -0.05) is 73.7 Å². The van der Waals surface area contributed by atoms with E-state index in [1.165, 1.54) is 10.8 Å². The van der Waals surface area contributed by atoms with Crippen molar-refractivity contribution >= 4 is 30.1 Å². The highest BCUT2D eigenvalue weighted by atomic mass is 32.1. The lowest BCUT2D eigenvalue weighted by molar-refractivity contribution is -0.0640. The highest BCUT2D eigenvalue weighted by Gasteiger charge is 2.51. The topological polar surface area (TPSA) is 126 Å². The van der Waals surface area contributed by atoms with Crippen LogP contribution in [0.4, 0.5) is 0 Å². The summed E-state index contributed by atoms with van der Waals surface area (Å²) in [5, 5.41) is 0. The molecule has 0 aliphatic carbocycles. The number of aryl methyl sites for hydroxylation is 1. The number of benzene rings is 3. The van der Waals surface area contributed by atoms with E-state index in [9.17, 15) is 19.2 Å². The van der Waals surface area contributed by atoms with Crippen molar-refractivity contribution < 1.29 is 33.3 Å². The van der Waals surface area contributed by atoms with Gasteiger partial charge in [-0.25, -0.2) is 19.2 Å². The van der Waals surface area contributed by atoms with Crippen molar-refractivity contribution in [2.75, 3.05) is 6.61 Å². The van der Waals surface area contributed by atoms with Gasteiger partial charge >= 0.3 is 23.6 Å². The minimum Gasteiger partial charge on any atom is -0.459 e. The van der Waals surface area contributed by atoms with Gasteiger partial charge in [0.2, 0.25) is 0 Å². The molecular weight excluding hydrogens is 572 g/mol. The van der Waals surface area contributed by atoms with Gasteiger partial charge in [-0.2, -0.15) is 0 Å². The van der Waals surface area contributed by atoms with E-state index in [4.69, 9.17) is 31.2 Å². The van der Waals surface area contributed by atoms with E-state index in [2.05, 4.69) is 4.98 Å². The third-order valence-electron chi connectivity index (χ3n) is 6.88. The molecule has 11 heteroatoms. The van der Waals surface area contributed by atoms with Crippen LogP contribution in [-0.2, 0) is 25.4 Å². The molecule has 4 aromatic rings. The summed E-state index contributed by atoms with van der Waals surface area (Å²) in [6.45, 7) is 1.50. The maximum Gasteiger partial charge on any atom is 0.338 e. The van der Waals surface area contributed by atoms with Crippen LogP contribution in [0.25, 0.3) is 0 Å². The molecule has 1 aliphatic rings. The number of aromatic amines is 1. The second kappa shape index (κ2) is 13.4. The molecule has 0 radical (unpaired) electrons. The van der Waals surface area contributed by atoms with Crippen molar-refractivity contribution in [3.05, 3.63) is 135 Å². The van der Waals surface area contributed by atoms with E-state index in [0.29, 0.717) is 17.5 Å². The SMILES string of the molecule is CCc1cn([C@@H]2O[C@H](COC(=O)c3ccccc3)[C@@H](OC(=O)c3ccccc3)[C@H]2OC(=O)c2ccccc2)c(=O)[nH]c1=S. The van der Waals surface area contributed by atoms with Crippen molar-refractivity contribution in [2.45, 2.75) is 37.9 Å². The quantitative estimate of drug-likeness (QED) is 0.166. The van der Waals surface area contributed by atoms with Crippen LogP contribution in [0.2, 0.25) is 0 Å². The number of carbonyl (C=O) groups excluding carboxylic acids is 3. The molecule has 0 saturated carbocycles. The molecule has 0 unspecified atom stereocenters. The average molecular weight is 601 g/mol. The summed E-state index contributed by atoms with van der Waals surface area (Å²) in [7, 11) is 0. The molecule has 1 fully saturated rings. The first-order chi connectivity index (χ1) is 20.9. The Morgan fingerprint density at radius 2 is 1.28 bits per heavy atom. The zero-order valence-electron chi connectivity index (χ0n) is 23.1. The largest absolute Gasteiger partial charge is 0.459 e. The van der Waals surface area contributed by atoms with Crippen molar-refractivity contribution in [2.24, 2.45) is 0 Å². The Kier molecular flexibility index (Phi) is 9.23. The van der Waals surface area contributed by atoms with Crippen molar-refractivity contribution in [3.63, 3.8) is 0 Å². The molecule has 1 aliphatic heterocycles. The molecular formula is C32H28N2O8S. The van der Waals surface area contributed by atoms with E-state index in [1.807, 2.05) is 6.92 Å². The summed E-state index contributed by atoms with van der Waals surface area (Å²) in [6, 6.07) is 24.8. The number of carbonyl (C=O) groups is 3. The van der Waals surface area contributed by atoms with Crippen LogP contribution in [0.3, 0.4) is 0 Å². The number of rotatable bonds is 9. The number of H-pyrrole nitrogens is 1. The molecule has 0 amide bonds. The van der Waals surface area contributed by atoms with Gasteiger partial charge in [0.1, 0.15) is 17.4 Å². The number of nitrogens with zero attached hydrogens (tertiary/aromatic N) is 1. The normalized spacial score (nSPS) is 19.4. The molecule has 1 N–H and O–H groups in total. The average Bonchev–Trinajstić information content (AvgIpc) is 3.36. The van der Waals surface area contributed by atoms with Crippen LogP contribution in [-0.4, -0.2) is 52.4 Å². The van der Waals surface area contributed by atoms with E-state index in [-0.39, 0.29) is 22.4 Å². The molecule has 43 heavy (non-hydrogen) atoms. The summed E-state index contributed by atoms with van der Waals surface area (Å²) >= 11 is 5.29. The number of nitrogens with one attached hydrogen (secondary N) is 1. The zero-order chi connectivity index (χ0) is 30.3. The monoisotopic (exact) mass is 600 g/mol. The highest BCUT2D eigenvalue weighted by molar-refractivity contribution is 7.71. The third-order valence-corrected chi connectivity index (χ3v) is 7.24. The molecule has 2 heterocycles. The minimum absolute atomic E-state index is 0.238. The molecule has 4 atom stereocenters. The first-order valence-corrected chi connectivity index (χ1v) is 14.0. The first-order valence-electron chi connectivity index (χ1n) is 13.6. The second-order valence-corrected chi connectivity index (χ2v) is 10.1. The number of esters is 3. The fourth-order valence-corrected chi connectivity index (χ4v) is 4.93. The Hall–Kier alpha value is -4.87. The fourth-order valence-electron chi connectivity index (χ4n) is 4.65. The Labute approximate surface area is 251 Å². The lowest BCUT2D eigenvalue weighted by atomic mass is 10.1. The lowest BCUT2D eigenvalue weighted by Crippen LogP contribution is -2.42. The summed E-state index contributed by atoms with van der Waals surface area (Å²) in [4.78, 5) is 55.1. The Morgan fingerprint density at radius 1 is 0.791 bits per heavy atom. The van der Waals surface area contributed by atoms with Crippen LogP contribution in [0, 0.1) is 4.64 Å². The highest BCUT2D eigenvalue weighted by Crippen LogP contribution is 2.35. The van der Waals surface area contributed by atoms with Gasteiger partial charge in [-0.15, -0.1) is 0 Å². The number of aromatic nitrogens is 2. The van der Waals surface area contributed by atoms with E-state index in [1.54, 1.807) is 91.0 Å². The van der Waals surface area contributed by atoms with E-state index in [0.717, 1.165) is 0 Å². The first kappa shape index (κ1) is 29.6. The van der Waals surface area contributed by atoms with Crippen molar-refractivity contribution in [3.8, 4) is 0 Å². The van der Waals surface area contributed by atoms with Gasteiger partial charge in [0.15, 0.2) is 18.4 Å².